The van der Waals surface area contributed by atoms with Crippen LogP contribution in [0, 0.1) is 0 Å². The molecule has 0 aliphatic rings. The van der Waals surface area contributed by atoms with Crippen molar-refractivity contribution in [2.45, 2.75) is 0 Å². The maximum atomic E-state index is 5.95. The Balaban J connectivity index is 0. The molecule has 0 N–H and O–H groups in total. The van der Waals surface area contributed by atoms with Gasteiger partial charge in [-0.1, -0.05) is 22.8 Å². The van der Waals surface area contributed by atoms with E-state index in [9.17, 15) is 0 Å². The Hall–Kier alpha value is 2.15. The van der Waals surface area contributed by atoms with Crippen molar-refractivity contribution in [3.05, 3.63) is 49.1 Å². The van der Waals surface area contributed by atoms with Gasteiger partial charge in [-0.25, -0.2) is 0 Å². The van der Waals surface area contributed by atoms with Crippen molar-refractivity contribution in [3.8, 4) is 0 Å². The third kappa shape index (κ3) is 7.15. The number of halogens is 8. The quantitative estimate of drug-likeness (QED) is 0.279. The molecule has 12 heteroatoms. The normalized spacial score (nSPS) is 12.8. The lowest BCUT2D eigenvalue weighted by atomic mass is 11.2. The van der Waals surface area contributed by atoms with Crippen LogP contribution in [0.4, 0.5) is 0 Å². The highest BCUT2D eigenvalue weighted by Gasteiger charge is 2.49. The van der Waals surface area contributed by atoms with E-state index in [4.69, 9.17) is 88.6 Å². The molecule has 0 aliphatic heterocycles. The Bertz CT molecular complexity index is 349. The van der Waals surface area contributed by atoms with Crippen molar-refractivity contribution in [3.63, 3.8) is 0 Å². The molecule has 0 atom stereocenters. The second-order valence-electron chi connectivity index (χ2n) is 3.33. The van der Waals surface area contributed by atoms with Crippen molar-refractivity contribution < 1.29 is 0 Å². The van der Waals surface area contributed by atoms with Crippen LogP contribution in [-0.2, 0) is 0 Å². The lowest BCUT2D eigenvalue weighted by Gasteiger charge is -2.20. The first-order valence-electron chi connectivity index (χ1n) is 4.80. The van der Waals surface area contributed by atoms with E-state index < -0.39 is 24.8 Å². The van der Waals surface area contributed by atoms with Crippen LogP contribution in [-0.4, -0.2) is 24.8 Å². The molecule has 0 saturated heterocycles. The summed E-state index contributed by atoms with van der Waals surface area (Å²) in [4.78, 5) is 0. The predicted octanol–water partition coefficient (Wildman–Crippen LogP) is 6.71. The smallest absolute Gasteiger partial charge is 0.155 e. The van der Waals surface area contributed by atoms with Crippen LogP contribution in [0.15, 0.2) is 49.1 Å². The molecule has 0 spiro atoms. The molecule has 0 aliphatic carbocycles. The van der Waals surface area contributed by atoms with Gasteiger partial charge in [0, 0.05) is 0 Å². The fraction of sp³-hybridized carbons (Fsp3) is 0. The summed E-state index contributed by atoms with van der Waals surface area (Å²) in [6.07, 6.45) is -5.29. The second kappa shape index (κ2) is 9.44. The fourth-order valence-corrected chi connectivity index (χ4v) is 11.7. The van der Waals surface area contributed by atoms with Crippen molar-refractivity contribution >= 4 is 113 Å². The van der Waals surface area contributed by atoms with Gasteiger partial charge in [0.1, 0.15) is 0 Å². The van der Waals surface area contributed by atoms with Gasteiger partial charge in [-0.05, 0) is 0 Å². The van der Waals surface area contributed by atoms with E-state index in [1.807, 2.05) is 0 Å². The summed E-state index contributed by atoms with van der Waals surface area (Å²) in [6, 6.07) is 0. The van der Waals surface area contributed by atoms with Gasteiger partial charge in [-0.15, -0.1) is 104 Å². The van der Waals surface area contributed by atoms with Crippen LogP contribution in [0.1, 0.15) is 0 Å². The highest BCUT2D eigenvalue weighted by Crippen LogP contribution is 2.36. The monoisotopic (exact) mass is 500 g/mol. The summed E-state index contributed by atoms with van der Waals surface area (Å²) in [5.41, 5.74) is 3.13. The second-order valence-corrected chi connectivity index (χ2v) is 44.1. The van der Waals surface area contributed by atoms with E-state index in [0.717, 1.165) is 0 Å². The van der Waals surface area contributed by atoms with Crippen LogP contribution in [0.5, 0.6) is 0 Å². The molecule has 0 radical (unpaired) electrons. The lowest BCUT2D eigenvalue weighted by Crippen LogP contribution is -2.44. The molecule has 0 rings (SSSR count). The number of rotatable bonds is 6. The summed E-state index contributed by atoms with van der Waals surface area (Å²) in [6.45, 7) is 11.5. The highest BCUT2D eigenvalue weighted by atomic mass is 35.9. The number of hydrogen-bond acceptors (Lipinski definition) is 0. The Labute approximate surface area is 161 Å². The van der Waals surface area contributed by atoms with Crippen molar-refractivity contribution in [1.29, 1.82) is 0 Å². The van der Waals surface area contributed by atoms with E-state index in [0.29, 0.717) is 0 Å². The minimum Gasteiger partial charge on any atom is -0.155 e. The average Bonchev–Trinajstić information content (AvgIpc) is 2.36. The summed E-state index contributed by atoms with van der Waals surface area (Å²) >= 11 is 46.3. The number of hydrogen-bond donors (Lipinski definition) is 0. The topological polar surface area (TPSA) is 0 Å². The van der Waals surface area contributed by atoms with Gasteiger partial charge in [0.25, 0.3) is 12.4 Å². The molecule has 0 unspecified atom stereocenters. The standard InChI is InChI=1S/2C4H6Cl4Si2/c1-3-9(5,6)10(7,8)4-2;1-3-9(5,4-2)10(6,7)8/h2*3-4H,1-2H2. The van der Waals surface area contributed by atoms with Crippen LogP contribution >= 0.6 is 88.6 Å². The first-order valence-corrected chi connectivity index (χ1v) is 23.2. The van der Waals surface area contributed by atoms with Crippen molar-refractivity contribution in [2.75, 3.05) is 0 Å². The van der Waals surface area contributed by atoms with Crippen molar-refractivity contribution in [2.24, 2.45) is 0 Å². The third-order valence-corrected chi connectivity index (χ3v) is 44.3. The SMILES string of the molecule is C=C[Si](Cl)(C=C)[Si](Cl)(Cl)Cl.C=C[Si](Cl)(Cl)[Si](Cl)(Cl)C=C. The fourth-order valence-electron chi connectivity index (χ4n) is 0.587. The van der Waals surface area contributed by atoms with Gasteiger partial charge >= 0.3 is 5.52 Å². The van der Waals surface area contributed by atoms with Gasteiger partial charge < -0.3 is 0 Å². The zero-order valence-electron chi connectivity index (χ0n) is 10.2. The van der Waals surface area contributed by atoms with E-state index in [2.05, 4.69) is 26.3 Å². The van der Waals surface area contributed by atoms with Gasteiger partial charge in [0.15, 0.2) is 0 Å². The first kappa shape index (κ1) is 24.4. The summed E-state index contributed by atoms with van der Waals surface area (Å²) < 4.78 is 0. The van der Waals surface area contributed by atoms with E-state index >= 15 is 0 Å². The maximum Gasteiger partial charge on any atom is 0.350 e. The Morgan fingerprint density at radius 2 is 0.750 bits per heavy atom. The Morgan fingerprint density at radius 3 is 0.800 bits per heavy atom. The summed E-state index contributed by atoms with van der Waals surface area (Å²) in [5, 5.41) is 0. The molecule has 0 heterocycles. The minimum atomic E-state index is -2.83. The molecule has 0 bridgehead atoms. The molecular weight excluding hydrogens is 492 g/mol. The van der Waals surface area contributed by atoms with Gasteiger partial charge in [-0.3, -0.25) is 0 Å². The van der Waals surface area contributed by atoms with Crippen LogP contribution in [0.2, 0.25) is 0 Å². The predicted molar refractivity (Wildman–Crippen MR) is 111 cm³/mol. The molecule has 0 amide bonds. The summed E-state index contributed by atoms with van der Waals surface area (Å²) in [5.74, 6) is 0. The maximum absolute atomic E-state index is 5.95. The molecule has 0 aromatic rings. The van der Waals surface area contributed by atoms with Gasteiger partial charge in [0.2, 0.25) is 6.90 Å². The van der Waals surface area contributed by atoms with E-state index in [-0.39, 0.29) is 0 Å². The van der Waals surface area contributed by atoms with Crippen LogP contribution in [0.25, 0.3) is 0 Å². The molecule has 0 aromatic heterocycles. The van der Waals surface area contributed by atoms with Gasteiger partial charge in [-0.2, -0.15) is 11.1 Å². The first-order chi connectivity index (χ1) is 8.74. The summed E-state index contributed by atoms with van der Waals surface area (Å²) in [7, 11) is 0. The molecule has 0 aromatic carbocycles. The van der Waals surface area contributed by atoms with Crippen LogP contribution in [0.3, 0.4) is 0 Å². The largest absolute Gasteiger partial charge is 0.350 e. The minimum absolute atomic E-state index is 1.45. The molecular formula is C8H12Cl8Si4. The van der Waals surface area contributed by atoms with Crippen LogP contribution < -0.4 is 0 Å². The van der Waals surface area contributed by atoms with E-state index in [1.165, 1.54) is 22.8 Å². The molecule has 0 saturated carbocycles. The third-order valence-electron chi connectivity index (χ3n) is 1.99. The van der Waals surface area contributed by atoms with E-state index in [1.54, 1.807) is 0 Å². The highest BCUT2D eigenvalue weighted by molar-refractivity contribution is 7.97. The molecule has 0 fully saturated rings. The molecule has 20 heavy (non-hydrogen) atoms. The van der Waals surface area contributed by atoms with Gasteiger partial charge in [0.05, 0.1) is 0 Å². The Morgan fingerprint density at radius 1 is 0.500 bits per heavy atom. The lowest BCUT2D eigenvalue weighted by molar-refractivity contribution is 2.35. The molecule has 116 valence electrons. The van der Waals surface area contributed by atoms with Crippen molar-refractivity contribution in [1.82, 2.24) is 0 Å². The molecule has 0 nitrogen and oxygen atoms in total. The Kier molecular flexibility index (Phi) is 11.5. The zero-order chi connectivity index (χ0) is 16.8. The zero-order valence-corrected chi connectivity index (χ0v) is 20.2. The average molecular weight is 504 g/mol.